The van der Waals surface area contributed by atoms with E-state index >= 15 is 0 Å². The quantitative estimate of drug-likeness (QED) is 0.500. The number of nitro benzene ring substituents is 1. The second-order valence-electron chi connectivity index (χ2n) is 7.65. The molecule has 2 amide bonds. The highest BCUT2D eigenvalue weighted by molar-refractivity contribution is 8.01. The minimum absolute atomic E-state index is 0.0268. The number of carbonyl (C=O) groups excluding carboxylic acids is 2. The van der Waals surface area contributed by atoms with E-state index in [9.17, 15) is 19.7 Å². The molecule has 0 aromatic heterocycles. The second-order valence-corrected chi connectivity index (χ2v) is 8.77. The number of amides is 2. The minimum atomic E-state index is -0.510. The Kier molecular flexibility index (Phi) is 8.29. The van der Waals surface area contributed by atoms with Crippen LogP contribution in [0.25, 0.3) is 0 Å². The van der Waals surface area contributed by atoms with E-state index in [0.717, 1.165) is 31.2 Å². The summed E-state index contributed by atoms with van der Waals surface area (Å²) in [4.78, 5) is 35.7. The van der Waals surface area contributed by atoms with Crippen molar-refractivity contribution in [2.45, 2.75) is 64.2 Å². The summed E-state index contributed by atoms with van der Waals surface area (Å²) in [5.74, 6) is -0.240. The number of anilines is 1. The maximum Gasteiger partial charge on any atom is 0.293 e. The monoisotopic (exact) mass is 407 g/mol. The molecule has 0 radical (unpaired) electrons. The summed E-state index contributed by atoms with van der Waals surface area (Å²) < 4.78 is 0. The van der Waals surface area contributed by atoms with Gasteiger partial charge in [0.15, 0.2) is 0 Å². The largest absolute Gasteiger partial charge is 0.352 e. The number of benzene rings is 1. The summed E-state index contributed by atoms with van der Waals surface area (Å²) >= 11 is 1.28. The summed E-state index contributed by atoms with van der Waals surface area (Å²) in [5.41, 5.74) is 0.793. The molecule has 7 nitrogen and oxygen atoms in total. The van der Waals surface area contributed by atoms with Gasteiger partial charge < -0.3 is 10.6 Å². The summed E-state index contributed by atoms with van der Waals surface area (Å²) in [7, 11) is 0. The maximum atomic E-state index is 12.7. The van der Waals surface area contributed by atoms with Crippen LogP contribution in [0.5, 0.6) is 0 Å². The number of rotatable bonds is 8. The molecule has 8 heteroatoms. The lowest BCUT2D eigenvalue weighted by molar-refractivity contribution is -0.384. The molecule has 1 fully saturated rings. The van der Waals surface area contributed by atoms with Crippen LogP contribution in [-0.4, -0.2) is 33.8 Å². The molecular formula is C20H29N3O4S. The molecule has 1 saturated carbocycles. The normalized spacial score (nSPS) is 15.9. The molecule has 1 atom stereocenters. The zero-order valence-corrected chi connectivity index (χ0v) is 17.5. The molecule has 28 heavy (non-hydrogen) atoms. The molecule has 1 aliphatic carbocycles. The first-order valence-corrected chi connectivity index (χ1v) is 10.8. The van der Waals surface area contributed by atoms with Gasteiger partial charge in [-0.1, -0.05) is 39.2 Å². The third-order valence-electron chi connectivity index (χ3n) is 4.83. The maximum absolute atomic E-state index is 12.7. The number of nitro groups is 1. The van der Waals surface area contributed by atoms with Gasteiger partial charge in [-0.15, -0.1) is 11.8 Å². The summed E-state index contributed by atoms with van der Waals surface area (Å²) in [5, 5.41) is 16.6. The average molecular weight is 408 g/mol. The summed E-state index contributed by atoms with van der Waals surface area (Å²) in [6.07, 6.45) is 5.53. The van der Waals surface area contributed by atoms with Crippen LogP contribution in [0.2, 0.25) is 0 Å². The number of nitrogens with zero attached hydrogens (tertiary/aromatic N) is 1. The highest BCUT2D eigenvalue weighted by Crippen LogP contribution is 2.27. The molecular weight excluding hydrogens is 378 g/mol. The SMILES string of the molecule is Cc1ccc(NC(=O)CSC(C(=O)NC2CCCCC2)C(C)C)c([N+](=O)[O-])c1. The molecule has 0 bridgehead atoms. The number of hydrogen-bond donors (Lipinski definition) is 2. The second kappa shape index (κ2) is 10.5. The van der Waals surface area contributed by atoms with Crippen LogP contribution in [0.1, 0.15) is 51.5 Å². The van der Waals surface area contributed by atoms with Gasteiger partial charge in [-0.25, -0.2) is 0 Å². The Morgan fingerprint density at radius 3 is 2.54 bits per heavy atom. The van der Waals surface area contributed by atoms with Crippen LogP contribution >= 0.6 is 11.8 Å². The molecule has 1 unspecified atom stereocenters. The van der Waals surface area contributed by atoms with Crippen LogP contribution in [-0.2, 0) is 9.59 Å². The topological polar surface area (TPSA) is 101 Å². The molecule has 1 aromatic rings. The van der Waals surface area contributed by atoms with E-state index < -0.39 is 4.92 Å². The Hall–Kier alpha value is -2.09. The van der Waals surface area contributed by atoms with Gasteiger partial charge in [0.2, 0.25) is 11.8 Å². The molecule has 1 aromatic carbocycles. The van der Waals surface area contributed by atoms with Crippen LogP contribution in [0.15, 0.2) is 18.2 Å². The molecule has 1 aliphatic rings. The molecule has 154 valence electrons. The van der Waals surface area contributed by atoms with E-state index in [4.69, 9.17) is 0 Å². The van der Waals surface area contributed by atoms with Crippen molar-refractivity contribution in [3.8, 4) is 0 Å². The van der Waals surface area contributed by atoms with E-state index in [1.54, 1.807) is 13.0 Å². The van der Waals surface area contributed by atoms with Crippen molar-refractivity contribution >= 4 is 35.0 Å². The van der Waals surface area contributed by atoms with Crippen LogP contribution in [0.4, 0.5) is 11.4 Å². The molecule has 2 N–H and O–H groups in total. The highest BCUT2D eigenvalue weighted by Gasteiger charge is 2.27. The number of thioether (sulfide) groups is 1. The Bertz CT molecular complexity index is 717. The van der Waals surface area contributed by atoms with E-state index in [-0.39, 0.29) is 46.2 Å². The fourth-order valence-corrected chi connectivity index (χ4v) is 4.36. The Morgan fingerprint density at radius 2 is 1.93 bits per heavy atom. The molecule has 0 aliphatic heterocycles. The van der Waals surface area contributed by atoms with Crippen molar-refractivity contribution in [1.82, 2.24) is 5.32 Å². The van der Waals surface area contributed by atoms with E-state index in [0.29, 0.717) is 0 Å². The zero-order valence-electron chi connectivity index (χ0n) is 16.7. The summed E-state index contributed by atoms with van der Waals surface area (Å²) in [6.45, 7) is 5.67. The Morgan fingerprint density at radius 1 is 1.25 bits per heavy atom. The number of hydrogen-bond acceptors (Lipinski definition) is 5. The van der Waals surface area contributed by atoms with Gasteiger partial charge in [0.05, 0.1) is 15.9 Å². The number of nitrogens with one attached hydrogen (secondary N) is 2. The van der Waals surface area contributed by atoms with Gasteiger partial charge >= 0.3 is 0 Å². The first kappa shape index (κ1) is 22.2. The molecule has 0 saturated heterocycles. The first-order valence-electron chi connectivity index (χ1n) is 9.74. The highest BCUT2D eigenvalue weighted by atomic mass is 32.2. The fourth-order valence-electron chi connectivity index (χ4n) is 3.35. The van der Waals surface area contributed by atoms with Crippen molar-refractivity contribution in [2.24, 2.45) is 5.92 Å². The van der Waals surface area contributed by atoms with Gasteiger partial charge in [0.1, 0.15) is 5.69 Å². The van der Waals surface area contributed by atoms with E-state index in [1.807, 2.05) is 13.8 Å². The third-order valence-corrected chi connectivity index (χ3v) is 6.38. The van der Waals surface area contributed by atoms with Crippen molar-refractivity contribution in [3.63, 3.8) is 0 Å². The third kappa shape index (κ3) is 6.51. The van der Waals surface area contributed by atoms with Gasteiger partial charge in [-0.2, -0.15) is 0 Å². The lowest BCUT2D eigenvalue weighted by Crippen LogP contribution is -2.43. The fraction of sp³-hybridized carbons (Fsp3) is 0.600. The van der Waals surface area contributed by atoms with Crippen molar-refractivity contribution in [3.05, 3.63) is 33.9 Å². The standard InChI is InChI=1S/C20H29N3O4S/c1-13(2)19(20(25)21-15-7-5-4-6-8-15)28-12-18(24)22-16-10-9-14(3)11-17(16)23(26)27/h9-11,13,15,19H,4-8,12H2,1-3H3,(H,21,25)(H,22,24). The van der Waals surface area contributed by atoms with Crippen molar-refractivity contribution < 1.29 is 14.5 Å². The van der Waals surface area contributed by atoms with Gasteiger partial charge in [0.25, 0.3) is 5.69 Å². The number of carbonyl (C=O) groups is 2. The zero-order chi connectivity index (χ0) is 20.7. The van der Waals surface area contributed by atoms with Crippen LogP contribution in [0.3, 0.4) is 0 Å². The average Bonchev–Trinajstić information content (AvgIpc) is 2.63. The van der Waals surface area contributed by atoms with Gasteiger partial charge in [0, 0.05) is 12.1 Å². The van der Waals surface area contributed by atoms with Crippen LogP contribution in [0, 0.1) is 23.0 Å². The molecule has 2 rings (SSSR count). The van der Waals surface area contributed by atoms with Gasteiger partial charge in [-0.3, -0.25) is 19.7 Å². The lowest BCUT2D eigenvalue weighted by atomic mass is 9.95. The van der Waals surface area contributed by atoms with Crippen molar-refractivity contribution in [1.29, 1.82) is 0 Å². The van der Waals surface area contributed by atoms with E-state index in [1.165, 1.54) is 30.3 Å². The molecule has 0 spiro atoms. The van der Waals surface area contributed by atoms with Crippen LogP contribution < -0.4 is 10.6 Å². The van der Waals surface area contributed by atoms with Gasteiger partial charge in [-0.05, 0) is 37.3 Å². The Balaban J connectivity index is 1.93. The van der Waals surface area contributed by atoms with Crippen molar-refractivity contribution in [2.75, 3.05) is 11.1 Å². The van der Waals surface area contributed by atoms with E-state index in [2.05, 4.69) is 10.6 Å². The predicted molar refractivity (Wildman–Crippen MR) is 113 cm³/mol. The lowest BCUT2D eigenvalue weighted by Gasteiger charge is -2.26. The summed E-state index contributed by atoms with van der Waals surface area (Å²) in [6, 6.07) is 4.90. The smallest absolute Gasteiger partial charge is 0.293 e. The Labute approximate surface area is 170 Å². The molecule has 0 heterocycles. The number of aryl methyl sites for hydroxylation is 1. The predicted octanol–water partition coefficient (Wildman–Crippen LogP) is 4.05. The minimum Gasteiger partial charge on any atom is -0.352 e. The first-order chi connectivity index (χ1) is 13.3.